The number of thiophene rings is 1. The number of carboxylic acids is 2. The van der Waals surface area contributed by atoms with E-state index in [9.17, 15) is 9.59 Å². The average molecular weight is 496 g/mol. The van der Waals surface area contributed by atoms with E-state index in [0.717, 1.165) is 34.0 Å². The van der Waals surface area contributed by atoms with Crippen LogP contribution in [0.15, 0.2) is 47.8 Å². The van der Waals surface area contributed by atoms with Crippen molar-refractivity contribution in [2.45, 2.75) is 31.7 Å². The molecular formula is C23H26ClNO7S. The van der Waals surface area contributed by atoms with E-state index < -0.39 is 24.1 Å². The van der Waals surface area contributed by atoms with Gasteiger partial charge in [-0.25, -0.2) is 9.59 Å². The molecule has 0 fully saturated rings. The number of nitrogens with one attached hydrogen (secondary N) is 1. The summed E-state index contributed by atoms with van der Waals surface area (Å²) in [4.78, 5) is 20.7. The third-order valence-corrected chi connectivity index (χ3v) is 6.00. The maximum absolute atomic E-state index is 9.77. The Morgan fingerprint density at radius 1 is 1.09 bits per heavy atom. The first-order chi connectivity index (χ1) is 15.6. The summed E-state index contributed by atoms with van der Waals surface area (Å²) in [6, 6.07) is 14.7. The van der Waals surface area contributed by atoms with Crippen molar-refractivity contribution < 1.29 is 34.8 Å². The third-order valence-electron chi connectivity index (χ3n) is 4.63. The van der Waals surface area contributed by atoms with Crippen molar-refractivity contribution in [2.24, 2.45) is 0 Å². The number of aryl methyl sites for hydroxylation is 1. The molecule has 0 aliphatic heterocycles. The van der Waals surface area contributed by atoms with Gasteiger partial charge < -0.3 is 30.5 Å². The number of rotatable bonds is 9. The normalized spacial score (nSPS) is 13.5. The molecule has 3 rings (SSSR count). The van der Waals surface area contributed by atoms with Crippen LogP contribution in [-0.2, 0) is 9.59 Å². The number of aliphatic hydroxyl groups is 2. The summed E-state index contributed by atoms with van der Waals surface area (Å²) in [5.41, 5.74) is 1.26. The van der Waals surface area contributed by atoms with Crippen molar-refractivity contribution in [3.05, 3.63) is 63.3 Å². The van der Waals surface area contributed by atoms with Gasteiger partial charge in [0.1, 0.15) is 11.9 Å². The lowest BCUT2D eigenvalue weighted by Gasteiger charge is -2.19. The van der Waals surface area contributed by atoms with Crippen molar-refractivity contribution in [3.63, 3.8) is 0 Å². The quantitative estimate of drug-likeness (QED) is 0.304. The number of carboxylic acid groups (broad SMARTS) is 2. The van der Waals surface area contributed by atoms with Gasteiger partial charge in [-0.15, -0.1) is 11.3 Å². The first kappa shape index (κ1) is 26.6. The summed E-state index contributed by atoms with van der Waals surface area (Å²) in [6.07, 6.45) is -3.63. The van der Waals surface area contributed by atoms with Crippen molar-refractivity contribution >= 4 is 45.6 Å². The summed E-state index contributed by atoms with van der Waals surface area (Å²) in [7, 11) is 1.96. The number of ether oxygens (including phenoxy) is 1. The van der Waals surface area contributed by atoms with E-state index in [4.69, 9.17) is 36.8 Å². The van der Waals surface area contributed by atoms with Gasteiger partial charge in [0.2, 0.25) is 0 Å². The lowest BCUT2D eigenvalue weighted by atomic mass is 10.1. The van der Waals surface area contributed by atoms with Crippen LogP contribution < -0.4 is 10.1 Å². The molecule has 0 saturated carbocycles. The highest BCUT2D eigenvalue weighted by atomic mass is 35.5. The second kappa shape index (κ2) is 12.5. The van der Waals surface area contributed by atoms with Crippen LogP contribution in [0.25, 0.3) is 10.8 Å². The van der Waals surface area contributed by atoms with Crippen LogP contribution in [0.4, 0.5) is 0 Å². The zero-order chi connectivity index (χ0) is 24.5. The maximum atomic E-state index is 9.77. The predicted octanol–water partition coefficient (Wildman–Crippen LogP) is 3.47. The first-order valence-electron chi connectivity index (χ1n) is 10.00. The van der Waals surface area contributed by atoms with E-state index in [0.29, 0.717) is 0 Å². The highest BCUT2D eigenvalue weighted by Crippen LogP contribution is 2.34. The van der Waals surface area contributed by atoms with Crippen LogP contribution in [0, 0.1) is 6.92 Å². The summed E-state index contributed by atoms with van der Waals surface area (Å²) in [6.45, 7) is 3.00. The SMILES string of the molecule is CNCCC(Oc1cccc2cc(C)ccc12)c1cc(Cl)cs1.O=C(O)C(O)C(O)C(=O)O. The van der Waals surface area contributed by atoms with Gasteiger partial charge in [-0.2, -0.15) is 0 Å². The monoisotopic (exact) mass is 495 g/mol. The van der Waals surface area contributed by atoms with E-state index in [1.807, 2.05) is 30.6 Å². The predicted molar refractivity (Wildman–Crippen MR) is 127 cm³/mol. The fourth-order valence-corrected chi connectivity index (χ4v) is 4.08. The molecule has 0 aliphatic carbocycles. The zero-order valence-corrected chi connectivity index (χ0v) is 19.6. The summed E-state index contributed by atoms with van der Waals surface area (Å²) >= 11 is 7.74. The molecule has 0 saturated heterocycles. The lowest BCUT2D eigenvalue weighted by Crippen LogP contribution is -2.39. The Morgan fingerprint density at radius 3 is 2.30 bits per heavy atom. The van der Waals surface area contributed by atoms with Crippen LogP contribution in [-0.4, -0.2) is 58.2 Å². The molecule has 3 aromatic rings. The lowest BCUT2D eigenvalue weighted by molar-refractivity contribution is -0.165. The average Bonchev–Trinajstić information content (AvgIpc) is 3.21. The minimum atomic E-state index is -2.27. The number of halogens is 1. The maximum Gasteiger partial charge on any atom is 0.335 e. The second-order valence-electron chi connectivity index (χ2n) is 7.21. The number of hydrogen-bond donors (Lipinski definition) is 5. The highest BCUT2D eigenvalue weighted by Gasteiger charge is 2.29. The van der Waals surface area contributed by atoms with Gasteiger partial charge in [-0.3, -0.25) is 0 Å². The molecule has 0 amide bonds. The first-order valence-corrected chi connectivity index (χ1v) is 11.3. The molecule has 3 unspecified atom stereocenters. The smallest absolute Gasteiger partial charge is 0.335 e. The van der Waals surface area contributed by atoms with E-state index in [1.165, 1.54) is 10.9 Å². The third kappa shape index (κ3) is 7.69. The Hall–Kier alpha value is -2.69. The summed E-state index contributed by atoms with van der Waals surface area (Å²) in [5, 5.41) is 40.8. The van der Waals surface area contributed by atoms with Crippen molar-refractivity contribution in [2.75, 3.05) is 13.6 Å². The van der Waals surface area contributed by atoms with E-state index in [2.05, 4.69) is 36.5 Å². The number of aliphatic carboxylic acids is 2. The number of aliphatic hydroxyl groups excluding tert-OH is 2. The molecule has 3 atom stereocenters. The Bertz CT molecular complexity index is 1070. The number of hydrogen-bond acceptors (Lipinski definition) is 7. The Labute approximate surface area is 200 Å². The Kier molecular flexibility index (Phi) is 10.1. The molecule has 0 radical (unpaired) electrons. The molecule has 33 heavy (non-hydrogen) atoms. The molecule has 1 heterocycles. The highest BCUT2D eigenvalue weighted by molar-refractivity contribution is 7.10. The minimum absolute atomic E-state index is 0.00635. The van der Waals surface area contributed by atoms with E-state index in [1.54, 1.807) is 11.3 Å². The second-order valence-corrected chi connectivity index (χ2v) is 8.59. The zero-order valence-electron chi connectivity index (χ0n) is 18.1. The van der Waals surface area contributed by atoms with Gasteiger partial charge in [0.25, 0.3) is 0 Å². The number of fused-ring (bicyclic) bond motifs is 1. The van der Waals surface area contributed by atoms with E-state index in [-0.39, 0.29) is 6.10 Å². The van der Waals surface area contributed by atoms with Crippen LogP contribution in [0.1, 0.15) is 23.0 Å². The molecule has 178 valence electrons. The fraction of sp³-hybridized carbons (Fsp3) is 0.304. The van der Waals surface area contributed by atoms with Crippen LogP contribution >= 0.6 is 22.9 Å². The molecule has 1 aromatic heterocycles. The van der Waals surface area contributed by atoms with Crippen molar-refractivity contribution in [1.29, 1.82) is 0 Å². The molecule has 0 spiro atoms. The largest absolute Gasteiger partial charge is 0.484 e. The molecular weight excluding hydrogens is 470 g/mol. The molecule has 8 nitrogen and oxygen atoms in total. The fourth-order valence-electron chi connectivity index (χ4n) is 2.93. The molecule has 10 heteroatoms. The van der Waals surface area contributed by atoms with Gasteiger partial charge in [-0.05, 0) is 38.0 Å². The minimum Gasteiger partial charge on any atom is -0.484 e. The van der Waals surface area contributed by atoms with Gasteiger partial charge in [0, 0.05) is 22.1 Å². The van der Waals surface area contributed by atoms with Crippen LogP contribution in [0.5, 0.6) is 5.75 Å². The number of carbonyl (C=O) groups is 2. The topological polar surface area (TPSA) is 136 Å². The Morgan fingerprint density at radius 2 is 1.76 bits per heavy atom. The molecule has 0 aliphatic rings. The summed E-state index contributed by atoms with van der Waals surface area (Å²) in [5.74, 6) is -2.61. The van der Waals surface area contributed by atoms with Gasteiger partial charge >= 0.3 is 11.9 Å². The van der Waals surface area contributed by atoms with Gasteiger partial charge in [-0.1, -0.05) is 47.5 Å². The van der Waals surface area contributed by atoms with Gasteiger partial charge in [0.15, 0.2) is 12.2 Å². The van der Waals surface area contributed by atoms with Crippen molar-refractivity contribution in [1.82, 2.24) is 5.32 Å². The molecule has 5 N–H and O–H groups in total. The van der Waals surface area contributed by atoms with Crippen LogP contribution in [0.2, 0.25) is 5.02 Å². The standard InChI is InChI=1S/C19H20ClNOS.C4H6O6/c1-13-6-7-16-14(10-13)4-3-5-17(16)22-18(8-9-21-2)19-11-15(20)12-23-19;5-1(3(7)8)2(6)4(9)10/h3-7,10-12,18,21H,8-9H2,1-2H3;1-2,5-6H,(H,7,8)(H,9,10). The van der Waals surface area contributed by atoms with E-state index >= 15 is 0 Å². The van der Waals surface area contributed by atoms with Gasteiger partial charge in [0.05, 0.1) is 5.02 Å². The number of benzene rings is 2. The van der Waals surface area contributed by atoms with Crippen molar-refractivity contribution in [3.8, 4) is 5.75 Å². The Balaban J connectivity index is 0.000000328. The van der Waals surface area contributed by atoms with Crippen LogP contribution in [0.3, 0.4) is 0 Å². The summed E-state index contributed by atoms with van der Waals surface area (Å²) < 4.78 is 6.38. The molecule has 2 aromatic carbocycles. The molecule has 0 bridgehead atoms.